The van der Waals surface area contributed by atoms with E-state index >= 15 is 0 Å². The molecule has 1 aromatic heterocycles. The second-order valence-corrected chi connectivity index (χ2v) is 10.9. The molecule has 2 aromatic carbocycles. The first kappa shape index (κ1) is 25.4. The molecule has 0 unspecified atom stereocenters. The molecule has 0 bridgehead atoms. The number of aryl methyl sites for hydroxylation is 2. The molecule has 9 heteroatoms. The maximum Gasteiger partial charge on any atom is 0.230 e. The average Bonchev–Trinajstić information content (AvgIpc) is 2.85. The zero-order chi connectivity index (χ0) is 25.7. The van der Waals surface area contributed by atoms with Crippen LogP contribution in [0.25, 0.3) is 6.08 Å². The summed E-state index contributed by atoms with van der Waals surface area (Å²) < 4.78 is 31.1. The van der Waals surface area contributed by atoms with E-state index in [-0.39, 0.29) is 0 Å². The largest absolute Gasteiger partial charge is 0.438 e. The van der Waals surface area contributed by atoms with Crippen molar-refractivity contribution in [2.75, 3.05) is 24.7 Å². The number of hydrogen-bond acceptors (Lipinski definition) is 7. The lowest BCUT2D eigenvalue weighted by Gasteiger charge is -2.30. The van der Waals surface area contributed by atoms with Gasteiger partial charge in [0.2, 0.25) is 21.9 Å². The van der Waals surface area contributed by atoms with Crippen molar-refractivity contribution in [3.8, 4) is 17.7 Å². The maximum atomic E-state index is 11.7. The van der Waals surface area contributed by atoms with Gasteiger partial charge in [-0.3, -0.25) is 0 Å². The molecule has 2 heterocycles. The molecule has 0 spiro atoms. The Morgan fingerprint density at radius 3 is 2.39 bits per heavy atom. The fraction of sp³-hybridized carbons (Fsp3) is 0.296. The smallest absolute Gasteiger partial charge is 0.230 e. The number of sulfonamides is 1. The first-order valence-electron chi connectivity index (χ1n) is 11.7. The highest BCUT2D eigenvalue weighted by Gasteiger charge is 2.25. The van der Waals surface area contributed by atoms with E-state index in [0.29, 0.717) is 30.8 Å². The van der Waals surface area contributed by atoms with E-state index in [1.165, 1.54) is 17.9 Å². The average molecular weight is 504 g/mol. The van der Waals surface area contributed by atoms with E-state index < -0.39 is 10.0 Å². The van der Waals surface area contributed by atoms with Gasteiger partial charge in [0, 0.05) is 37.1 Å². The van der Waals surface area contributed by atoms with Gasteiger partial charge in [-0.05, 0) is 85.2 Å². The minimum Gasteiger partial charge on any atom is -0.438 e. The highest BCUT2D eigenvalue weighted by Crippen LogP contribution is 2.31. The zero-order valence-corrected chi connectivity index (χ0v) is 21.4. The van der Waals surface area contributed by atoms with Gasteiger partial charge in [-0.1, -0.05) is 12.1 Å². The number of aromatic nitrogens is 2. The molecule has 1 fully saturated rings. The summed E-state index contributed by atoms with van der Waals surface area (Å²) >= 11 is 0. The molecule has 1 aliphatic rings. The molecule has 36 heavy (non-hydrogen) atoms. The molecule has 0 saturated carbocycles. The summed E-state index contributed by atoms with van der Waals surface area (Å²) in [5, 5.41) is 12.0. The Morgan fingerprint density at radius 2 is 1.78 bits per heavy atom. The summed E-state index contributed by atoms with van der Waals surface area (Å²) in [6, 6.07) is 15.7. The number of hydrogen-bond donors (Lipinski definition) is 1. The third-order valence-electron chi connectivity index (χ3n) is 6.23. The van der Waals surface area contributed by atoms with Gasteiger partial charge in [0.15, 0.2) is 0 Å². The maximum absolute atomic E-state index is 11.7. The number of rotatable bonds is 7. The Balaban J connectivity index is 1.41. The minimum atomic E-state index is -3.12. The molecule has 1 N–H and O–H groups in total. The molecular formula is C27H29N5O3S. The summed E-state index contributed by atoms with van der Waals surface area (Å²) in [6.07, 6.45) is 7.76. The van der Waals surface area contributed by atoms with Crippen LogP contribution in [0.1, 0.15) is 41.0 Å². The van der Waals surface area contributed by atoms with Gasteiger partial charge in [0.05, 0.1) is 12.3 Å². The second-order valence-electron chi connectivity index (χ2n) is 8.95. The van der Waals surface area contributed by atoms with E-state index in [1.54, 1.807) is 22.6 Å². The summed E-state index contributed by atoms with van der Waals surface area (Å²) in [5.41, 5.74) is 4.88. The van der Waals surface area contributed by atoms with Gasteiger partial charge in [-0.2, -0.15) is 10.2 Å². The summed E-state index contributed by atoms with van der Waals surface area (Å²) in [4.78, 5) is 8.81. The number of nitriles is 1. The molecule has 1 saturated heterocycles. The molecule has 0 aliphatic carbocycles. The van der Waals surface area contributed by atoms with Crippen molar-refractivity contribution in [2.24, 2.45) is 0 Å². The predicted octanol–water partition coefficient (Wildman–Crippen LogP) is 5.31. The molecule has 0 amide bonds. The van der Waals surface area contributed by atoms with Gasteiger partial charge in [0.25, 0.3) is 0 Å². The van der Waals surface area contributed by atoms with Crippen LogP contribution in [0.4, 0.5) is 11.6 Å². The number of anilines is 2. The van der Waals surface area contributed by atoms with Crippen molar-refractivity contribution < 1.29 is 13.2 Å². The van der Waals surface area contributed by atoms with Crippen molar-refractivity contribution >= 4 is 27.7 Å². The highest BCUT2D eigenvalue weighted by molar-refractivity contribution is 7.88. The third kappa shape index (κ3) is 6.27. The number of ether oxygens (including phenoxy) is 1. The van der Waals surface area contributed by atoms with Gasteiger partial charge in [-0.25, -0.2) is 17.7 Å². The fourth-order valence-corrected chi connectivity index (χ4v) is 5.30. The second kappa shape index (κ2) is 10.9. The lowest BCUT2D eigenvalue weighted by molar-refractivity contribution is 0.321. The number of piperidine rings is 1. The molecule has 8 nitrogen and oxygen atoms in total. The van der Waals surface area contributed by atoms with Crippen LogP contribution in [0.15, 0.2) is 54.7 Å². The zero-order valence-electron chi connectivity index (χ0n) is 20.6. The molecule has 4 rings (SSSR count). The van der Waals surface area contributed by atoms with Crippen LogP contribution in [0.3, 0.4) is 0 Å². The van der Waals surface area contributed by atoms with E-state index in [9.17, 15) is 8.42 Å². The predicted molar refractivity (Wildman–Crippen MR) is 141 cm³/mol. The molecule has 0 radical (unpaired) electrons. The molecule has 1 aliphatic heterocycles. The monoisotopic (exact) mass is 503 g/mol. The van der Waals surface area contributed by atoms with Crippen molar-refractivity contribution in [1.82, 2.24) is 14.3 Å². The lowest BCUT2D eigenvalue weighted by atomic mass is 9.90. The normalized spacial score (nSPS) is 15.1. The van der Waals surface area contributed by atoms with Crippen LogP contribution in [-0.4, -0.2) is 42.0 Å². The van der Waals surface area contributed by atoms with Crippen LogP contribution in [0.2, 0.25) is 0 Å². The van der Waals surface area contributed by atoms with E-state index in [4.69, 9.17) is 10.00 Å². The van der Waals surface area contributed by atoms with Crippen molar-refractivity contribution in [2.45, 2.75) is 32.6 Å². The van der Waals surface area contributed by atoms with Crippen LogP contribution >= 0.6 is 0 Å². The number of nitrogens with one attached hydrogen (secondary N) is 1. The highest BCUT2D eigenvalue weighted by atomic mass is 32.2. The van der Waals surface area contributed by atoms with Gasteiger partial charge in [0.1, 0.15) is 5.75 Å². The number of benzene rings is 2. The van der Waals surface area contributed by atoms with E-state index in [1.807, 2.05) is 44.2 Å². The molecule has 186 valence electrons. The van der Waals surface area contributed by atoms with Crippen molar-refractivity contribution in [1.29, 1.82) is 5.26 Å². The van der Waals surface area contributed by atoms with E-state index in [0.717, 1.165) is 41.0 Å². The van der Waals surface area contributed by atoms with Crippen LogP contribution < -0.4 is 10.1 Å². The van der Waals surface area contributed by atoms with Crippen molar-refractivity contribution in [3.63, 3.8) is 0 Å². The Hall–Kier alpha value is -3.74. The quantitative estimate of drug-likeness (QED) is 0.436. The minimum absolute atomic E-state index is 0.346. The Bertz CT molecular complexity index is 1380. The van der Waals surface area contributed by atoms with Gasteiger partial charge >= 0.3 is 0 Å². The van der Waals surface area contributed by atoms with Crippen LogP contribution in [0.5, 0.6) is 11.6 Å². The fourth-order valence-electron chi connectivity index (χ4n) is 4.43. The topological polar surface area (TPSA) is 108 Å². The lowest BCUT2D eigenvalue weighted by Crippen LogP contribution is -2.37. The Kier molecular flexibility index (Phi) is 7.67. The van der Waals surface area contributed by atoms with E-state index in [2.05, 4.69) is 27.4 Å². The molecular weight excluding hydrogens is 474 g/mol. The first-order chi connectivity index (χ1) is 17.2. The molecule has 0 atom stereocenters. The van der Waals surface area contributed by atoms with Crippen LogP contribution in [0, 0.1) is 25.2 Å². The van der Waals surface area contributed by atoms with Crippen molar-refractivity contribution in [3.05, 3.63) is 77.0 Å². The van der Waals surface area contributed by atoms with Gasteiger partial charge in [-0.15, -0.1) is 0 Å². The SMILES string of the molecule is Cc1cc(/C=C/C#N)cc(C)c1Oc1ccnc(Nc2ccc(C3CCN(S(C)(=O)=O)CC3)cc2)n1. The standard InChI is InChI=1S/C27H29N5O3S/c1-19-17-21(5-4-13-28)18-20(2)26(19)35-25-10-14-29-27(31-25)30-24-8-6-22(7-9-24)23-11-15-32(16-12-23)36(3,33)34/h4-10,14,17-18,23H,11-12,15-16H2,1-3H3,(H,29,30,31)/b5-4+. The van der Waals surface area contributed by atoms with Crippen LogP contribution in [-0.2, 0) is 10.0 Å². The first-order valence-corrected chi connectivity index (χ1v) is 13.6. The number of nitrogens with zero attached hydrogens (tertiary/aromatic N) is 4. The van der Waals surface area contributed by atoms with Gasteiger partial charge < -0.3 is 10.1 Å². The third-order valence-corrected chi connectivity index (χ3v) is 7.53. The Morgan fingerprint density at radius 1 is 1.11 bits per heavy atom. The summed E-state index contributed by atoms with van der Waals surface area (Å²) in [7, 11) is -3.12. The Labute approximate surface area is 212 Å². The number of allylic oxidation sites excluding steroid dienone is 1. The summed E-state index contributed by atoms with van der Waals surface area (Å²) in [6.45, 7) is 5.03. The summed E-state index contributed by atoms with van der Waals surface area (Å²) in [5.74, 6) is 1.91. The molecule has 3 aromatic rings.